The first-order chi connectivity index (χ1) is 21.5. The molecule has 14 atom stereocenters. The van der Waals surface area contributed by atoms with Crippen molar-refractivity contribution in [2.45, 2.75) is 114 Å². The number of amides is 1. The van der Waals surface area contributed by atoms with Gasteiger partial charge in [0.2, 0.25) is 0 Å². The minimum absolute atomic E-state index is 0.183. The zero-order chi connectivity index (χ0) is 34.3. The van der Waals surface area contributed by atoms with Gasteiger partial charge in [-0.3, -0.25) is 9.59 Å². The number of carbonyl (C=O) groups excluding carboxylic acids is 2. The highest BCUT2D eigenvalue weighted by Crippen LogP contribution is 2.48. The summed E-state index contributed by atoms with van der Waals surface area (Å²) in [7, 11) is 3.41. The van der Waals surface area contributed by atoms with Gasteiger partial charge in [-0.2, -0.15) is 0 Å². The van der Waals surface area contributed by atoms with Crippen LogP contribution in [0.15, 0.2) is 30.3 Å². The number of nitrogens with zero attached hydrogens (tertiary/aromatic N) is 2. The van der Waals surface area contributed by atoms with E-state index in [-0.39, 0.29) is 18.9 Å². The topological polar surface area (TPSA) is 169 Å². The van der Waals surface area contributed by atoms with E-state index >= 15 is 0 Å². The Bertz CT molecular complexity index is 1200. The molecule has 1 amide bonds. The monoisotopic (exact) mass is 650 g/mol. The summed E-state index contributed by atoms with van der Waals surface area (Å²) in [6, 6.07) is 7.57. The number of likely N-dealkylation sites (N-methyl/N-ethyl adjacent to an activating group) is 2. The molecule has 0 radical (unpaired) electrons. The molecule has 2 unspecified atom stereocenters. The minimum Gasteiger partial charge on any atom is -0.459 e. The molecule has 1 aliphatic carbocycles. The molecule has 0 aromatic heterocycles. The van der Waals surface area contributed by atoms with Crippen LogP contribution in [0, 0.1) is 23.7 Å². The summed E-state index contributed by atoms with van der Waals surface area (Å²) in [6.45, 7) is 10.5. The number of aliphatic hydroxyl groups is 5. The van der Waals surface area contributed by atoms with Gasteiger partial charge in [-0.15, -0.1) is 0 Å². The molecule has 4 rings (SSSR count). The predicted octanol–water partition coefficient (Wildman–Crippen LogP) is 1.02. The molecule has 2 saturated heterocycles. The van der Waals surface area contributed by atoms with Gasteiger partial charge in [0.05, 0.1) is 36.4 Å². The highest BCUT2D eigenvalue weighted by atomic mass is 16.7. The number of hydrogen-bond acceptors (Lipinski definition) is 11. The molecule has 2 aliphatic heterocycles. The van der Waals surface area contributed by atoms with Gasteiger partial charge in [0.15, 0.2) is 6.29 Å². The fourth-order valence-electron chi connectivity index (χ4n) is 8.15. The molecule has 3 fully saturated rings. The number of fused-ring (bicyclic) bond motifs is 1. The molecule has 1 aromatic carbocycles. The van der Waals surface area contributed by atoms with Crippen molar-refractivity contribution in [3.05, 3.63) is 35.9 Å². The van der Waals surface area contributed by atoms with Crippen LogP contribution in [0.5, 0.6) is 0 Å². The normalized spacial score (nSPS) is 44.4. The van der Waals surface area contributed by atoms with Crippen LogP contribution in [0.3, 0.4) is 0 Å². The van der Waals surface area contributed by atoms with Crippen molar-refractivity contribution in [1.82, 2.24) is 9.80 Å². The highest BCUT2D eigenvalue weighted by molar-refractivity contribution is 5.94. The van der Waals surface area contributed by atoms with Crippen molar-refractivity contribution >= 4 is 11.9 Å². The van der Waals surface area contributed by atoms with Crippen molar-refractivity contribution in [3.63, 3.8) is 0 Å². The Morgan fingerprint density at radius 3 is 2.30 bits per heavy atom. The van der Waals surface area contributed by atoms with Crippen LogP contribution in [-0.4, -0.2) is 135 Å². The molecule has 260 valence electrons. The number of carbonyl (C=O) groups is 2. The molecule has 5 N–H and O–H groups in total. The fourth-order valence-corrected chi connectivity index (χ4v) is 8.15. The third kappa shape index (κ3) is 6.73. The predicted molar refractivity (Wildman–Crippen MR) is 168 cm³/mol. The van der Waals surface area contributed by atoms with E-state index in [0.29, 0.717) is 18.5 Å². The number of aliphatic hydroxyl groups excluding tert-OH is 3. The van der Waals surface area contributed by atoms with Crippen LogP contribution in [-0.2, 0) is 19.0 Å². The summed E-state index contributed by atoms with van der Waals surface area (Å²) in [6.07, 6.45) is -6.65. The molecule has 0 bridgehead atoms. The van der Waals surface area contributed by atoms with Crippen LogP contribution >= 0.6 is 0 Å². The van der Waals surface area contributed by atoms with E-state index in [1.54, 1.807) is 66.1 Å². The second-order valence-corrected chi connectivity index (χ2v) is 14.2. The van der Waals surface area contributed by atoms with Gasteiger partial charge in [0.25, 0.3) is 5.91 Å². The molecule has 46 heavy (non-hydrogen) atoms. The Hall–Kier alpha value is -2.16. The fraction of sp³-hybridized carbons (Fsp3) is 0.765. The number of cyclic esters (lactones) is 1. The molecule has 1 saturated carbocycles. The molecule has 12 heteroatoms. The van der Waals surface area contributed by atoms with Gasteiger partial charge in [-0.05, 0) is 58.7 Å². The lowest BCUT2D eigenvalue weighted by atomic mass is 9.59. The number of rotatable bonds is 5. The maximum atomic E-state index is 13.9. The molecule has 12 nitrogen and oxygen atoms in total. The Balaban J connectivity index is 1.64. The molecule has 2 heterocycles. The molecular formula is C34H54N2O10. The van der Waals surface area contributed by atoms with E-state index in [1.807, 2.05) is 17.9 Å². The van der Waals surface area contributed by atoms with Crippen LogP contribution in [0.1, 0.15) is 64.7 Å². The SMILES string of the molecule is CC[C@H]1OC(=O)C2C([C@@H](C)CN(C)[C@H](C)[C@@H](O)[C@]1(C)O)[C@@](C)(O)[C@H](O[C@@H]1OCC[C@H](N(C)C(=O)c3ccccc3)[C@H]1O)[C@@H](C)[C@@H]2O. The summed E-state index contributed by atoms with van der Waals surface area (Å²) in [5.74, 6) is -4.35. The first kappa shape index (κ1) is 36.7. The quantitative estimate of drug-likeness (QED) is 0.289. The van der Waals surface area contributed by atoms with Crippen LogP contribution in [0.4, 0.5) is 0 Å². The summed E-state index contributed by atoms with van der Waals surface area (Å²) >= 11 is 0. The number of hydrogen-bond donors (Lipinski definition) is 5. The third-order valence-electron chi connectivity index (χ3n) is 11.0. The van der Waals surface area contributed by atoms with Gasteiger partial charge in [0.1, 0.15) is 23.9 Å². The second kappa shape index (κ2) is 14.1. The van der Waals surface area contributed by atoms with Crippen molar-refractivity contribution in [3.8, 4) is 0 Å². The van der Waals surface area contributed by atoms with Crippen LogP contribution < -0.4 is 0 Å². The smallest absolute Gasteiger partial charge is 0.312 e. The first-order valence-corrected chi connectivity index (χ1v) is 16.5. The largest absolute Gasteiger partial charge is 0.459 e. The van der Waals surface area contributed by atoms with E-state index in [0.717, 1.165) is 0 Å². The average Bonchev–Trinajstić information content (AvgIpc) is 3.02. The lowest BCUT2D eigenvalue weighted by Gasteiger charge is -2.55. The zero-order valence-corrected chi connectivity index (χ0v) is 28.3. The van der Waals surface area contributed by atoms with E-state index in [2.05, 4.69) is 0 Å². The molecule has 1 aromatic rings. The van der Waals surface area contributed by atoms with Crippen LogP contribution in [0.25, 0.3) is 0 Å². The standard InChI is InChI=1S/C34H54N2O10/c1-9-23-33(5,42)28(39)20(4)35(7)17-18(2)25-24(31(41)45-23)26(37)19(3)29(34(25,6)43)46-32-27(38)22(15-16-44-32)36(8)30(40)21-13-11-10-12-14-21/h10-14,18-20,22-29,32,37-39,42-43H,9,15-17H2,1-8H3/t18-,19-,20+,22-,23+,24?,25?,26-,27+,28+,29+,32-,33+,34+/m0/s1. The van der Waals surface area contributed by atoms with Gasteiger partial charge < -0.3 is 49.5 Å². The second-order valence-electron chi connectivity index (χ2n) is 14.2. The first-order valence-electron chi connectivity index (χ1n) is 16.5. The minimum atomic E-state index is -1.78. The van der Waals surface area contributed by atoms with Gasteiger partial charge in [0, 0.05) is 37.0 Å². The lowest BCUT2D eigenvalue weighted by molar-refractivity contribution is -0.308. The number of benzene rings is 1. The summed E-state index contributed by atoms with van der Waals surface area (Å²) in [5.41, 5.74) is -3.03. The van der Waals surface area contributed by atoms with E-state index < -0.39 is 89.7 Å². The van der Waals surface area contributed by atoms with E-state index in [9.17, 15) is 35.1 Å². The Morgan fingerprint density at radius 1 is 1.07 bits per heavy atom. The lowest BCUT2D eigenvalue weighted by Crippen LogP contribution is -2.67. The van der Waals surface area contributed by atoms with Crippen LogP contribution in [0.2, 0.25) is 0 Å². The average molecular weight is 651 g/mol. The van der Waals surface area contributed by atoms with Crippen molar-refractivity contribution in [2.24, 2.45) is 23.7 Å². The highest BCUT2D eigenvalue weighted by Gasteiger charge is 2.61. The summed E-state index contributed by atoms with van der Waals surface area (Å²) in [4.78, 5) is 30.4. The molecule has 3 aliphatic rings. The van der Waals surface area contributed by atoms with Gasteiger partial charge in [-0.1, -0.05) is 39.0 Å². The van der Waals surface area contributed by atoms with Crippen molar-refractivity contribution < 1.29 is 49.3 Å². The number of esters is 1. The summed E-state index contributed by atoms with van der Waals surface area (Å²) in [5, 5.41) is 58.0. The zero-order valence-electron chi connectivity index (χ0n) is 28.3. The maximum Gasteiger partial charge on any atom is 0.312 e. The van der Waals surface area contributed by atoms with E-state index in [1.165, 1.54) is 11.8 Å². The van der Waals surface area contributed by atoms with Crippen molar-refractivity contribution in [2.75, 3.05) is 27.2 Å². The third-order valence-corrected chi connectivity index (χ3v) is 11.0. The Morgan fingerprint density at radius 2 is 1.70 bits per heavy atom. The Labute approximate surface area is 272 Å². The maximum absolute atomic E-state index is 13.9. The van der Waals surface area contributed by atoms with Crippen molar-refractivity contribution in [1.29, 1.82) is 0 Å². The van der Waals surface area contributed by atoms with E-state index in [4.69, 9.17) is 14.2 Å². The van der Waals surface area contributed by atoms with Gasteiger partial charge >= 0.3 is 5.97 Å². The van der Waals surface area contributed by atoms with Gasteiger partial charge in [-0.25, -0.2) is 0 Å². The Kier molecular flexibility index (Phi) is 11.3. The summed E-state index contributed by atoms with van der Waals surface area (Å²) < 4.78 is 18.1. The number of ether oxygens (including phenoxy) is 3. The molecular weight excluding hydrogens is 596 g/mol. The molecule has 0 spiro atoms.